The Labute approximate surface area is 201 Å². The molecule has 1 atom stereocenters. The summed E-state index contributed by atoms with van der Waals surface area (Å²) in [4.78, 5) is 41.4. The predicted molar refractivity (Wildman–Crippen MR) is 128 cm³/mol. The lowest BCUT2D eigenvalue weighted by molar-refractivity contribution is 0.194. The third-order valence-corrected chi connectivity index (χ3v) is 6.01. The lowest BCUT2D eigenvalue weighted by atomic mass is 10.0. The van der Waals surface area contributed by atoms with Gasteiger partial charge in [0.15, 0.2) is 0 Å². The number of amides is 1. The number of rotatable bonds is 6. The van der Waals surface area contributed by atoms with Crippen LogP contribution in [0.1, 0.15) is 5.69 Å². The Morgan fingerprint density at radius 1 is 1.18 bits per heavy atom. The van der Waals surface area contributed by atoms with Crippen molar-refractivity contribution in [2.24, 2.45) is 0 Å². The molecule has 10 nitrogen and oxygen atoms in total. The fraction of sp³-hybridized carbons (Fsp3) is 0.182. The minimum absolute atomic E-state index is 0.0108. The van der Waals surface area contributed by atoms with E-state index in [1.807, 2.05) is 6.92 Å². The number of pyridine rings is 1. The van der Waals surface area contributed by atoms with Crippen molar-refractivity contribution >= 4 is 39.5 Å². The van der Waals surface area contributed by atoms with Crippen LogP contribution in [0.15, 0.2) is 52.8 Å². The van der Waals surface area contributed by atoms with Gasteiger partial charge in [-0.25, -0.2) is 19.7 Å². The Bertz CT molecular complexity index is 1510. The van der Waals surface area contributed by atoms with Crippen LogP contribution in [-0.4, -0.2) is 52.7 Å². The van der Waals surface area contributed by atoms with Crippen LogP contribution in [-0.2, 0) is 17.3 Å². The number of nitrogens with one attached hydrogen (secondary N) is 1. The SMILES string of the molecule is Cc1cncc(-c2ccc(-c3cc4cnc(S(C)=O)nc4n(CCNC(=O)O)c3=O)c(Cl)c2)n1. The fourth-order valence-electron chi connectivity index (χ4n) is 3.45. The first-order valence-electron chi connectivity index (χ1n) is 10.0. The highest BCUT2D eigenvalue weighted by molar-refractivity contribution is 7.84. The number of halogens is 1. The number of carboxylic acid groups (broad SMARTS) is 1. The second-order valence-corrected chi connectivity index (χ2v) is 9.05. The van der Waals surface area contributed by atoms with E-state index in [1.165, 1.54) is 17.0 Å². The summed E-state index contributed by atoms with van der Waals surface area (Å²) >= 11 is 6.58. The van der Waals surface area contributed by atoms with Crippen molar-refractivity contribution in [3.8, 4) is 22.4 Å². The Hall–Kier alpha value is -3.70. The van der Waals surface area contributed by atoms with Gasteiger partial charge in [-0.2, -0.15) is 0 Å². The minimum atomic E-state index is -1.46. The molecular weight excluding hydrogens is 480 g/mol. The topological polar surface area (TPSA) is 140 Å². The summed E-state index contributed by atoms with van der Waals surface area (Å²) in [6.45, 7) is 1.82. The summed E-state index contributed by atoms with van der Waals surface area (Å²) in [7, 11) is -1.46. The number of carbonyl (C=O) groups is 1. The van der Waals surface area contributed by atoms with Crippen molar-refractivity contribution in [2.75, 3.05) is 12.8 Å². The molecule has 0 aliphatic carbocycles. The zero-order valence-electron chi connectivity index (χ0n) is 18.1. The van der Waals surface area contributed by atoms with Gasteiger partial charge >= 0.3 is 6.09 Å². The largest absolute Gasteiger partial charge is 0.465 e. The van der Waals surface area contributed by atoms with E-state index in [1.54, 1.807) is 36.7 Å². The maximum Gasteiger partial charge on any atom is 0.404 e. The lowest BCUT2D eigenvalue weighted by Crippen LogP contribution is -2.31. The van der Waals surface area contributed by atoms with Crippen LogP contribution in [0, 0.1) is 6.92 Å². The maximum atomic E-state index is 13.5. The molecule has 4 aromatic rings. The molecule has 0 spiro atoms. The number of hydrogen-bond acceptors (Lipinski definition) is 7. The molecule has 34 heavy (non-hydrogen) atoms. The van der Waals surface area contributed by atoms with E-state index >= 15 is 0 Å². The van der Waals surface area contributed by atoms with Crippen molar-refractivity contribution in [3.05, 3.63) is 63.9 Å². The molecule has 3 heterocycles. The van der Waals surface area contributed by atoms with Crippen LogP contribution in [0.5, 0.6) is 0 Å². The standard InChI is InChI=1S/C22H19ClN6O4S/c1-12-9-24-11-18(27-12)13-3-4-15(17(23)8-13)16-7-14-10-26-21(34(2)33)28-19(14)29(20(16)30)6-5-25-22(31)32/h3-4,7-11,25H,5-6H2,1-2H3,(H,31,32). The van der Waals surface area contributed by atoms with Crippen molar-refractivity contribution in [2.45, 2.75) is 18.6 Å². The second kappa shape index (κ2) is 9.65. The third-order valence-electron chi connectivity index (χ3n) is 4.98. The summed E-state index contributed by atoms with van der Waals surface area (Å²) < 4.78 is 13.2. The maximum absolute atomic E-state index is 13.5. The molecular formula is C22H19ClN6O4S. The first-order valence-corrected chi connectivity index (χ1v) is 12.0. The van der Waals surface area contributed by atoms with Crippen molar-refractivity contribution in [1.29, 1.82) is 0 Å². The number of fused-ring (bicyclic) bond motifs is 1. The summed E-state index contributed by atoms with van der Waals surface area (Å²) in [5.74, 6) is 0. The normalized spacial score (nSPS) is 12.0. The van der Waals surface area contributed by atoms with Gasteiger partial charge in [-0.15, -0.1) is 0 Å². The molecule has 0 bridgehead atoms. The number of aromatic nitrogens is 5. The molecule has 12 heteroatoms. The number of benzene rings is 1. The predicted octanol–water partition coefficient (Wildman–Crippen LogP) is 2.88. The molecule has 3 aromatic heterocycles. The number of aryl methyl sites for hydroxylation is 1. The summed E-state index contributed by atoms with van der Waals surface area (Å²) in [5.41, 5.74) is 2.77. The molecule has 0 radical (unpaired) electrons. The average molecular weight is 499 g/mol. The van der Waals surface area contributed by atoms with E-state index in [9.17, 15) is 13.8 Å². The molecule has 0 aliphatic rings. The van der Waals surface area contributed by atoms with E-state index in [2.05, 4.69) is 25.3 Å². The van der Waals surface area contributed by atoms with Crippen LogP contribution in [0.2, 0.25) is 5.02 Å². The van der Waals surface area contributed by atoms with Gasteiger partial charge in [-0.1, -0.05) is 23.7 Å². The van der Waals surface area contributed by atoms with Crippen LogP contribution >= 0.6 is 11.6 Å². The molecule has 1 unspecified atom stereocenters. The highest BCUT2D eigenvalue weighted by Gasteiger charge is 2.17. The van der Waals surface area contributed by atoms with Crippen LogP contribution in [0.4, 0.5) is 4.79 Å². The van der Waals surface area contributed by atoms with Gasteiger partial charge in [0, 0.05) is 58.8 Å². The highest BCUT2D eigenvalue weighted by Crippen LogP contribution is 2.31. The molecule has 4 rings (SSSR count). The third kappa shape index (κ3) is 4.80. The van der Waals surface area contributed by atoms with Gasteiger partial charge in [-0.3, -0.25) is 18.6 Å². The molecule has 1 aromatic carbocycles. The van der Waals surface area contributed by atoms with E-state index in [-0.39, 0.29) is 23.9 Å². The van der Waals surface area contributed by atoms with Crippen molar-refractivity contribution in [1.82, 2.24) is 29.8 Å². The van der Waals surface area contributed by atoms with Gasteiger partial charge in [0.25, 0.3) is 5.56 Å². The van der Waals surface area contributed by atoms with Crippen LogP contribution in [0.3, 0.4) is 0 Å². The Morgan fingerprint density at radius 2 is 1.97 bits per heavy atom. The van der Waals surface area contributed by atoms with E-state index < -0.39 is 22.5 Å². The summed E-state index contributed by atoms with van der Waals surface area (Å²) in [5, 5.41) is 12.1. The first-order chi connectivity index (χ1) is 16.2. The molecule has 2 N–H and O–H groups in total. The van der Waals surface area contributed by atoms with Gasteiger partial charge in [0.05, 0.1) is 28.4 Å². The quantitative estimate of drug-likeness (QED) is 0.387. The minimum Gasteiger partial charge on any atom is -0.465 e. The Morgan fingerprint density at radius 3 is 2.65 bits per heavy atom. The summed E-state index contributed by atoms with van der Waals surface area (Å²) in [6.07, 6.45) is 4.98. The van der Waals surface area contributed by atoms with Gasteiger partial charge < -0.3 is 10.4 Å². The highest BCUT2D eigenvalue weighted by atomic mass is 35.5. The fourth-order valence-corrected chi connectivity index (χ4v) is 4.15. The summed E-state index contributed by atoms with van der Waals surface area (Å²) in [6, 6.07) is 6.85. The van der Waals surface area contributed by atoms with Crippen LogP contribution in [0.25, 0.3) is 33.4 Å². The van der Waals surface area contributed by atoms with E-state index in [0.717, 1.165) is 11.3 Å². The molecule has 0 saturated carbocycles. The second-order valence-electron chi connectivity index (χ2n) is 7.37. The average Bonchev–Trinajstić information content (AvgIpc) is 2.80. The molecule has 174 valence electrons. The molecule has 0 saturated heterocycles. The Kier molecular flexibility index (Phi) is 6.66. The van der Waals surface area contributed by atoms with Crippen molar-refractivity contribution < 1.29 is 14.1 Å². The van der Waals surface area contributed by atoms with Gasteiger partial charge in [-0.05, 0) is 19.1 Å². The lowest BCUT2D eigenvalue weighted by Gasteiger charge is -2.14. The zero-order chi connectivity index (χ0) is 24.4. The molecule has 0 fully saturated rings. The number of hydrogen-bond donors (Lipinski definition) is 2. The Balaban J connectivity index is 1.86. The molecule has 0 aliphatic heterocycles. The van der Waals surface area contributed by atoms with Crippen molar-refractivity contribution in [3.63, 3.8) is 0 Å². The van der Waals surface area contributed by atoms with Crippen LogP contribution < -0.4 is 10.9 Å². The first kappa shape index (κ1) is 23.5. The monoisotopic (exact) mass is 498 g/mol. The smallest absolute Gasteiger partial charge is 0.404 e. The molecule has 1 amide bonds. The number of nitrogens with zero attached hydrogens (tertiary/aromatic N) is 5. The van der Waals surface area contributed by atoms with Gasteiger partial charge in [0.1, 0.15) is 5.65 Å². The zero-order valence-corrected chi connectivity index (χ0v) is 19.7. The van der Waals surface area contributed by atoms with E-state index in [4.69, 9.17) is 16.7 Å². The van der Waals surface area contributed by atoms with E-state index in [0.29, 0.717) is 27.2 Å². The van der Waals surface area contributed by atoms with Gasteiger partial charge in [0.2, 0.25) is 5.16 Å².